The van der Waals surface area contributed by atoms with Crippen molar-refractivity contribution < 1.29 is 13.9 Å². The number of ether oxygens (including phenoxy) is 1. The number of nitriles is 1. The monoisotopic (exact) mass is 367 g/mol. The maximum absolute atomic E-state index is 13.0. The number of hydrogen-bond donors (Lipinski definition) is 0. The van der Waals surface area contributed by atoms with Gasteiger partial charge in [-0.3, -0.25) is 9.69 Å². The minimum absolute atomic E-state index is 0.107. The number of amides is 1. The summed E-state index contributed by atoms with van der Waals surface area (Å²) < 4.78 is 18.5. The molecule has 0 radical (unpaired) electrons. The molecule has 6 heteroatoms. The molecule has 0 spiro atoms. The minimum Gasteiger partial charge on any atom is -0.494 e. The summed E-state index contributed by atoms with van der Waals surface area (Å²) in [5, 5.41) is 9.64. The third-order valence-corrected chi connectivity index (χ3v) is 4.69. The van der Waals surface area contributed by atoms with E-state index >= 15 is 0 Å². The number of rotatable bonds is 5. The van der Waals surface area contributed by atoms with Gasteiger partial charge in [-0.05, 0) is 48.9 Å². The molecule has 1 aliphatic heterocycles. The second kappa shape index (κ2) is 8.65. The quantitative estimate of drug-likeness (QED) is 0.814. The third kappa shape index (κ3) is 4.44. The Kier molecular flexibility index (Phi) is 6.05. The van der Waals surface area contributed by atoms with Crippen molar-refractivity contribution in [2.45, 2.75) is 13.0 Å². The lowest BCUT2D eigenvalue weighted by Gasteiger charge is -2.37. The molecule has 0 aliphatic carbocycles. The van der Waals surface area contributed by atoms with E-state index in [-0.39, 0.29) is 17.8 Å². The standard InChI is InChI=1S/C21H22FN3O2/c1-2-27-19-9-5-16(6-10-19)20(15-23)24-11-13-25(14-12-24)21(26)17-3-7-18(22)8-4-17/h3-10,20H,2,11-14H2,1H3. The Morgan fingerprint density at radius 3 is 2.30 bits per heavy atom. The smallest absolute Gasteiger partial charge is 0.253 e. The van der Waals surface area contributed by atoms with Crippen LogP contribution < -0.4 is 4.74 Å². The van der Waals surface area contributed by atoms with Crippen molar-refractivity contribution in [1.82, 2.24) is 9.80 Å². The van der Waals surface area contributed by atoms with Crippen LogP contribution in [0.4, 0.5) is 4.39 Å². The Morgan fingerprint density at radius 1 is 1.11 bits per heavy atom. The van der Waals surface area contributed by atoms with E-state index in [1.165, 1.54) is 24.3 Å². The molecule has 1 unspecified atom stereocenters. The third-order valence-electron chi connectivity index (χ3n) is 4.69. The molecule has 1 heterocycles. The van der Waals surface area contributed by atoms with Gasteiger partial charge in [0.15, 0.2) is 0 Å². The lowest BCUT2D eigenvalue weighted by molar-refractivity contribution is 0.0606. The van der Waals surface area contributed by atoms with Crippen LogP contribution in [0.3, 0.4) is 0 Å². The SMILES string of the molecule is CCOc1ccc(C(C#N)N2CCN(C(=O)c3ccc(F)cc3)CC2)cc1. The fourth-order valence-electron chi connectivity index (χ4n) is 3.24. The van der Waals surface area contributed by atoms with Gasteiger partial charge in [0.25, 0.3) is 5.91 Å². The first-order valence-corrected chi connectivity index (χ1v) is 9.03. The van der Waals surface area contributed by atoms with Gasteiger partial charge in [-0.25, -0.2) is 4.39 Å². The second-order valence-electron chi connectivity index (χ2n) is 6.37. The fourth-order valence-corrected chi connectivity index (χ4v) is 3.24. The molecule has 140 valence electrons. The lowest BCUT2D eigenvalue weighted by Crippen LogP contribution is -2.49. The minimum atomic E-state index is -0.358. The summed E-state index contributed by atoms with van der Waals surface area (Å²) in [6, 6.07) is 15.2. The molecule has 2 aromatic rings. The topological polar surface area (TPSA) is 56.6 Å². The van der Waals surface area contributed by atoms with Crippen LogP contribution in [-0.2, 0) is 0 Å². The number of carbonyl (C=O) groups excluding carboxylic acids is 1. The lowest BCUT2D eigenvalue weighted by atomic mass is 10.1. The van der Waals surface area contributed by atoms with Crippen molar-refractivity contribution in [3.63, 3.8) is 0 Å². The van der Waals surface area contributed by atoms with Crippen molar-refractivity contribution in [3.05, 3.63) is 65.5 Å². The van der Waals surface area contributed by atoms with Gasteiger partial charge in [0, 0.05) is 31.7 Å². The molecule has 0 N–H and O–H groups in total. The number of piperazine rings is 1. The molecule has 3 rings (SSSR count). The summed E-state index contributed by atoms with van der Waals surface area (Å²) in [5.74, 6) is 0.320. The highest BCUT2D eigenvalue weighted by atomic mass is 19.1. The Bertz CT molecular complexity index is 807. The summed E-state index contributed by atoms with van der Waals surface area (Å²) >= 11 is 0. The molecule has 1 amide bonds. The Hall–Kier alpha value is -2.91. The highest BCUT2D eigenvalue weighted by molar-refractivity contribution is 5.94. The van der Waals surface area contributed by atoms with Crippen LogP contribution in [-0.4, -0.2) is 48.5 Å². The van der Waals surface area contributed by atoms with Crippen LogP contribution in [0.5, 0.6) is 5.75 Å². The number of benzene rings is 2. The Balaban J connectivity index is 1.62. The summed E-state index contributed by atoms with van der Waals surface area (Å²) in [5.41, 5.74) is 1.40. The van der Waals surface area contributed by atoms with Crippen molar-refractivity contribution in [2.75, 3.05) is 32.8 Å². The normalized spacial score (nSPS) is 15.8. The van der Waals surface area contributed by atoms with Crippen LogP contribution >= 0.6 is 0 Å². The first-order chi connectivity index (χ1) is 13.1. The van der Waals surface area contributed by atoms with E-state index in [1.54, 1.807) is 4.90 Å². The number of nitrogens with zero attached hydrogens (tertiary/aromatic N) is 3. The van der Waals surface area contributed by atoms with Gasteiger partial charge in [0.05, 0.1) is 12.7 Å². The largest absolute Gasteiger partial charge is 0.494 e. The maximum atomic E-state index is 13.0. The Morgan fingerprint density at radius 2 is 1.74 bits per heavy atom. The van der Waals surface area contributed by atoms with Crippen molar-refractivity contribution >= 4 is 5.91 Å². The maximum Gasteiger partial charge on any atom is 0.253 e. The van der Waals surface area contributed by atoms with Gasteiger partial charge in [0.1, 0.15) is 17.6 Å². The molecule has 0 aromatic heterocycles. The van der Waals surface area contributed by atoms with E-state index in [0.717, 1.165) is 11.3 Å². The van der Waals surface area contributed by atoms with Crippen molar-refractivity contribution in [2.24, 2.45) is 0 Å². The van der Waals surface area contributed by atoms with Gasteiger partial charge in [-0.1, -0.05) is 12.1 Å². The first-order valence-electron chi connectivity index (χ1n) is 9.03. The molecule has 2 aromatic carbocycles. The predicted octanol–water partition coefficient (Wildman–Crippen LogP) is 3.25. The zero-order valence-electron chi connectivity index (χ0n) is 15.3. The fraction of sp³-hybridized carbons (Fsp3) is 0.333. The van der Waals surface area contributed by atoms with Crippen LogP contribution in [0.1, 0.15) is 28.9 Å². The zero-order valence-corrected chi connectivity index (χ0v) is 15.3. The molecular weight excluding hydrogens is 345 g/mol. The van der Waals surface area contributed by atoms with E-state index in [0.29, 0.717) is 38.3 Å². The molecule has 0 saturated carbocycles. The van der Waals surface area contributed by atoms with Gasteiger partial charge < -0.3 is 9.64 Å². The van der Waals surface area contributed by atoms with E-state index in [4.69, 9.17) is 4.74 Å². The number of halogens is 1. The van der Waals surface area contributed by atoms with Crippen LogP contribution in [0.25, 0.3) is 0 Å². The summed E-state index contributed by atoms with van der Waals surface area (Å²) in [6.45, 7) is 4.82. The second-order valence-corrected chi connectivity index (χ2v) is 6.37. The van der Waals surface area contributed by atoms with Crippen LogP contribution in [0.2, 0.25) is 0 Å². The van der Waals surface area contributed by atoms with E-state index in [1.807, 2.05) is 31.2 Å². The van der Waals surface area contributed by atoms with Gasteiger partial charge >= 0.3 is 0 Å². The average molecular weight is 367 g/mol. The predicted molar refractivity (Wildman–Crippen MR) is 99.8 cm³/mol. The molecule has 1 aliphatic rings. The zero-order chi connectivity index (χ0) is 19.2. The molecule has 0 bridgehead atoms. The molecular formula is C21H22FN3O2. The van der Waals surface area contributed by atoms with Crippen LogP contribution in [0, 0.1) is 17.1 Å². The van der Waals surface area contributed by atoms with Gasteiger partial charge in [0.2, 0.25) is 0 Å². The molecule has 1 atom stereocenters. The molecule has 5 nitrogen and oxygen atoms in total. The highest BCUT2D eigenvalue weighted by Crippen LogP contribution is 2.24. The summed E-state index contributed by atoms with van der Waals surface area (Å²) in [4.78, 5) is 16.4. The van der Waals surface area contributed by atoms with Crippen molar-refractivity contribution in [3.8, 4) is 11.8 Å². The average Bonchev–Trinajstić information content (AvgIpc) is 2.71. The van der Waals surface area contributed by atoms with E-state index in [9.17, 15) is 14.4 Å². The Labute approximate surface area is 158 Å². The molecule has 1 saturated heterocycles. The highest BCUT2D eigenvalue weighted by Gasteiger charge is 2.27. The summed E-state index contributed by atoms with van der Waals surface area (Å²) in [7, 11) is 0. The van der Waals surface area contributed by atoms with Gasteiger partial charge in [-0.2, -0.15) is 5.26 Å². The van der Waals surface area contributed by atoms with Gasteiger partial charge in [-0.15, -0.1) is 0 Å². The van der Waals surface area contributed by atoms with E-state index in [2.05, 4.69) is 11.0 Å². The molecule has 27 heavy (non-hydrogen) atoms. The first kappa shape index (κ1) is 18.9. The van der Waals surface area contributed by atoms with Crippen molar-refractivity contribution in [1.29, 1.82) is 5.26 Å². The van der Waals surface area contributed by atoms with Crippen LogP contribution in [0.15, 0.2) is 48.5 Å². The number of hydrogen-bond acceptors (Lipinski definition) is 4. The number of carbonyl (C=O) groups is 1. The summed E-state index contributed by atoms with van der Waals surface area (Å²) in [6.07, 6.45) is 0. The van der Waals surface area contributed by atoms with E-state index < -0.39 is 0 Å². The molecule has 1 fully saturated rings.